The van der Waals surface area contributed by atoms with Crippen LogP contribution in [0, 0.1) is 17.3 Å². The molecule has 4 heteroatoms. The van der Waals surface area contributed by atoms with Crippen molar-refractivity contribution in [3.05, 3.63) is 0 Å². The lowest BCUT2D eigenvalue weighted by molar-refractivity contribution is -0.146. The first-order valence-electron chi connectivity index (χ1n) is 6.76. The zero-order valence-electron chi connectivity index (χ0n) is 11.8. The van der Waals surface area contributed by atoms with Gasteiger partial charge in [-0.3, -0.25) is 9.59 Å². The van der Waals surface area contributed by atoms with Crippen molar-refractivity contribution in [3.63, 3.8) is 0 Å². The second-order valence-electron chi connectivity index (χ2n) is 6.43. The van der Waals surface area contributed by atoms with Gasteiger partial charge in [0, 0.05) is 6.04 Å². The van der Waals surface area contributed by atoms with Crippen LogP contribution in [-0.2, 0) is 9.59 Å². The van der Waals surface area contributed by atoms with Gasteiger partial charge in [0.25, 0.3) is 0 Å². The molecule has 1 aliphatic carbocycles. The molecule has 0 saturated heterocycles. The predicted molar refractivity (Wildman–Crippen MR) is 70.1 cm³/mol. The van der Waals surface area contributed by atoms with Crippen molar-refractivity contribution < 1.29 is 14.7 Å². The Morgan fingerprint density at radius 2 is 1.78 bits per heavy atom. The van der Waals surface area contributed by atoms with Gasteiger partial charge in [0.15, 0.2) is 0 Å². The van der Waals surface area contributed by atoms with Gasteiger partial charge >= 0.3 is 5.97 Å². The fourth-order valence-electron chi connectivity index (χ4n) is 2.76. The summed E-state index contributed by atoms with van der Waals surface area (Å²) in [5, 5.41) is 11.8. The van der Waals surface area contributed by atoms with E-state index in [1.54, 1.807) is 0 Å². The Labute approximate surface area is 109 Å². The molecule has 1 fully saturated rings. The van der Waals surface area contributed by atoms with E-state index in [1.165, 1.54) is 13.3 Å². The first-order chi connectivity index (χ1) is 8.23. The van der Waals surface area contributed by atoms with E-state index in [9.17, 15) is 9.59 Å². The molecule has 0 aliphatic heterocycles. The van der Waals surface area contributed by atoms with E-state index in [1.807, 2.05) is 0 Å². The molecule has 3 unspecified atom stereocenters. The molecule has 1 saturated carbocycles. The normalized spacial score (nSPS) is 26.4. The van der Waals surface area contributed by atoms with Gasteiger partial charge in [0.05, 0.1) is 0 Å². The smallest absolute Gasteiger partial charge is 0.315 e. The average Bonchev–Trinajstić information content (AvgIpc) is 2.27. The Morgan fingerprint density at radius 3 is 2.28 bits per heavy atom. The summed E-state index contributed by atoms with van der Waals surface area (Å²) in [6, 6.07) is 0.119. The number of hydrogen-bond donors (Lipinski definition) is 2. The van der Waals surface area contributed by atoms with Gasteiger partial charge in [-0.2, -0.15) is 0 Å². The number of rotatable bonds is 3. The molecule has 0 spiro atoms. The molecule has 18 heavy (non-hydrogen) atoms. The van der Waals surface area contributed by atoms with Gasteiger partial charge in [-0.25, -0.2) is 0 Å². The Balaban J connectivity index is 2.68. The quantitative estimate of drug-likeness (QED) is 0.761. The van der Waals surface area contributed by atoms with E-state index in [4.69, 9.17) is 5.11 Å². The van der Waals surface area contributed by atoms with Crippen LogP contribution in [0.3, 0.4) is 0 Å². The molecule has 104 valence electrons. The zero-order valence-corrected chi connectivity index (χ0v) is 11.8. The largest absolute Gasteiger partial charge is 0.481 e. The van der Waals surface area contributed by atoms with Crippen molar-refractivity contribution in [1.29, 1.82) is 0 Å². The molecule has 2 N–H and O–H groups in total. The third-order valence-corrected chi connectivity index (χ3v) is 3.97. The van der Waals surface area contributed by atoms with Gasteiger partial charge in [-0.15, -0.1) is 0 Å². The minimum absolute atomic E-state index is 0.119. The third kappa shape index (κ3) is 3.72. The molecule has 0 aromatic carbocycles. The molecule has 0 heterocycles. The van der Waals surface area contributed by atoms with Crippen LogP contribution in [0.5, 0.6) is 0 Å². The monoisotopic (exact) mass is 255 g/mol. The molecule has 3 atom stereocenters. The maximum absolute atomic E-state index is 11.8. The van der Waals surface area contributed by atoms with Crippen LogP contribution in [-0.4, -0.2) is 23.0 Å². The third-order valence-electron chi connectivity index (χ3n) is 3.97. The van der Waals surface area contributed by atoms with Crippen LogP contribution >= 0.6 is 0 Å². The van der Waals surface area contributed by atoms with Crippen LogP contribution in [0.25, 0.3) is 0 Å². The highest BCUT2D eigenvalue weighted by Gasteiger charge is 2.36. The van der Waals surface area contributed by atoms with E-state index in [2.05, 4.69) is 26.1 Å². The van der Waals surface area contributed by atoms with E-state index in [0.717, 1.165) is 19.3 Å². The Bertz CT molecular complexity index is 319. The van der Waals surface area contributed by atoms with Crippen molar-refractivity contribution in [3.8, 4) is 0 Å². The fraction of sp³-hybridized carbons (Fsp3) is 0.857. The SMILES string of the molecule is CC(C(=O)O)C(=O)NC1CCCCC1C(C)(C)C. The molecule has 1 aliphatic rings. The molecule has 0 aromatic rings. The molecule has 0 bridgehead atoms. The second kappa shape index (κ2) is 5.72. The van der Waals surface area contributed by atoms with Crippen LogP contribution in [0.15, 0.2) is 0 Å². The first kappa shape index (κ1) is 15.0. The summed E-state index contributed by atoms with van der Waals surface area (Å²) in [6.07, 6.45) is 4.37. The molecular weight excluding hydrogens is 230 g/mol. The predicted octanol–water partition coefficient (Wildman–Crippen LogP) is 2.43. The fourth-order valence-corrected chi connectivity index (χ4v) is 2.76. The van der Waals surface area contributed by atoms with E-state index in [0.29, 0.717) is 5.92 Å². The topological polar surface area (TPSA) is 66.4 Å². The molecule has 1 rings (SSSR count). The van der Waals surface area contributed by atoms with Crippen LogP contribution < -0.4 is 5.32 Å². The van der Waals surface area contributed by atoms with Crippen LogP contribution in [0.2, 0.25) is 0 Å². The van der Waals surface area contributed by atoms with Crippen LogP contribution in [0.1, 0.15) is 53.4 Å². The lowest BCUT2D eigenvalue weighted by Crippen LogP contribution is -2.49. The Kier molecular flexibility index (Phi) is 4.77. The van der Waals surface area contributed by atoms with Crippen molar-refractivity contribution in [2.45, 2.75) is 59.4 Å². The van der Waals surface area contributed by atoms with Crippen molar-refractivity contribution in [1.82, 2.24) is 5.32 Å². The highest BCUT2D eigenvalue weighted by Crippen LogP contribution is 2.38. The highest BCUT2D eigenvalue weighted by molar-refractivity contribution is 5.96. The number of amides is 1. The summed E-state index contributed by atoms with van der Waals surface area (Å²) in [5.41, 5.74) is 0.144. The summed E-state index contributed by atoms with van der Waals surface area (Å²) in [4.78, 5) is 22.6. The molecule has 1 amide bonds. The molecule has 0 radical (unpaired) electrons. The standard InChI is InChI=1S/C14H25NO3/c1-9(13(17)18)12(16)15-11-8-6-5-7-10(11)14(2,3)4/h9-11H,5-8H2,1-4H3,(H,15,16)(H,17,18). The minimum Gasteiger partial charge on any atom is -0.481 e. The molecule has 4 nitrogen and oxygen atoms in total. The average molecular weight is 255 g/mol. The van der Waals surface area contributed by atoms with Gasteiger partial charge in [-0.05, 0) is 31.1 Å². The Morgan fingerprint density at radius 1 is 1.22 bits per heavy atom. The van der Waals surface area contributed by atoms with Gasteiger partial charge < -0.3 is 10.4 Å². The van der Waals surface area contributed by atoms with E-state index >= 15 is 0 Å². The maximum atomic E-state index is 11.8. The highest BCUT2D eigenvalue weighted by atomic mass is 16.4. The zero-order chi connectivity index (χ0) is 13.9. The number of carboxylic acid groups (broad SMARTS) is 1. The first-order valence-corrected chi connectivity index (χ1v) is 6.76. The summed E-state index contributed by atoms with van der Waals surface area (Å²) in [6.45, 7) is 7.99. The number of aliphatic carboxylic acids is 1. The van der Waals surface area contributed by atoms with Crippen LogP contribution in [0.4, 0.5) is 0 Å². The van der Waals surface area contributed by atoms with Gasteiger partial charge in [0.2, 0.25) is 5.91 Å². The summed E-state index contributed by atoms with van der Waals surface area (Å²) in [5.74, 6) is -1.96. The number of carboxylic acids is 1. The van der Waals surface area contributed by atoms with Gasteiger partial charge in [-0.1, -0.05) is 33.6 Å². The number of carbonyl (C=O) groups excluding carboxylic acids is 1. The second-order valence-corrected chi connectivity index (χ2v) is 6.43. The van der Waals surface area contributed by atoms with E-state index < -0.39 is 11.9 Å². The lowest BCUT2D eigenvalue weighted by atomic mass is 9.69. The van der Waals surface area contributed by atoms with Crippen molar-refractivity contribution in [2.75, 3.05) is 0 Å². The number of hydrogen-bond acceptors (Lipinski definition) is 2. The lowest BCUT2D eigenvalue weighted by Gasteiger charge is -2.41. The molecular formula is C14H25NO3. The minimum atomic E-state index is -1.06. The molecule has 0 aromatic heterocycles. The number of carbonyl (C=O) groups is 2. The van der Waals surface area contributed by atoms with E-state index in [-0.39, 0.29) is 17.4 Å². The summed E-state index contributed by atoms with van der Waals surface area (Å²) < 4.78 is 0. The van der Waals surface area contributed by atoms with Crippen molar-refractivity contribution in [2.24, 2.45) is 17.3 Å². The number of nitrogens with one attached hydrogen (secondary N) is 1. The van der Waals surface area contributed by atoms with Crippen molar-refractivity contribution >= 4 is 11.9 Å². The van der Waals surface area contributed by atoms with Gasteiger partial charge in [0.1, 0.15) is 5.92 Å². The Hall–Kier alpha value is -1.06. The maximum Gasteiger partial charge on any atom is 0.315 e. The summed E-state index contributed by atoms with van der Waals surface area (Å²) in [7, 11) is 0. The summed E-state index contributed by atoms with van der Waals surface area (Å²) >= 11 is 0.